The molecule has 1 fully saturated rings. The maximum absolute atomic E-state index is 13.6. The van der Waals surface area contributed by atoms with Gasteiger partial charge in [0.25, 0.3) is 11.8 Å². The molecule has 42 heavy (non-hydrogen) atoms. The van der Waals surface area contributed by atoms with Gasteiger partial charge in [-0.3, -0.25) is 14.5 Å². The lowest BCUT2D eigenvalue weighted by atomic mass is 10.1. The van der Waals surface area contributed by atoms with E-state index < -0.39 is 0 Å². The second-order valence-electron chi connectivity index (χ2n) is 10.8. The topological polar surface area (TPSA) is 53.1 Å². The summed E-state index contributed by atoms with van der Waals surface area (Å²) >= 11 is 6.22. The number of piperazine rings is 1. The summed E-state index contributed by atoms with van der Waals surface area (Å²) in [6.07, 6.45) is 1.74. The van der Waals surface area contributed by atoms with Crippen LogP contribution in [-0.4, -0.2) is 42.9 Å². The van der Waals surface area contributed by atoms with Gasteiger partial charge in [-0.25, -0.2) is 0 Å². The molecule has 2 aliphatic heterocycles. The summed E-state index contributed by atoms with van der Waals surface area (Å²) < 4.78 is 6.06. The smallest absolute Gasteiger partial charge is 0.294 e. The Bertz CT molecular complexity index is 1670. The number of aryl methyl sites for hydroxylation is 2. The first-order chi connectivity index (χ1) is 20.4. The Morgan fingerprint density at radius 2 is 1.62 bits per heavy atom. The second-order valence-corrected chi connectivity index (χ2v) is 11.2. The number of ether oxygens (including phenoxy) is 1. The van der Waals surface area contributed by atoms with Gasteiger partial charge in [-0.15, -0.1) is 0 Å². The van der Waals surface area contributed by atoms with Crippen molar-refractivity contribution < 1.29 is 14.3 Å². The number of halogens is 1. The number of carbonyl (C=O) groups excluding carboxylic acids is 2. The fourth-order valence-corrected chi connectivity index (χ4v) is 5.71. The molecule has 0 aliphatic carbocycles. The molecular formula is C35H32ClN3O3. The van der Waals surface area contributed by atoms with E-state index in [9.17, 15) is 9.59 Å². The van der Waals surface area contributed by atoms with Gasteiger partial charge in [-0.05, 0) is 73.0 Å². The van der Waals surface area contributed by atoms with Crippen molar-refractivity contribution in [2.75, 3.05) is 36.0 Å². The predicted molar refractivity (Wildman–Crippen MR) is 168 cm³/mol. The highest BCUT2D eigenvalue weighted by molar-refractivity contribution is 6.30. The molecule has 6 nitrogen and oxygen atoms in total. The first-order valence-electron chi connectivity index (χ1n) is 14.1. The molecule has 2 heterocycles. The van der Waals surface area contributed by atoms with E-state index in [0.717, 1.165) is 41.2 Å². The molecule has 0 bridgehead atoms. The van der Waals surface area contributed by atoms with Crippen LogP contribution in [0.15, 0.2) is 96.8 Å². The number of amides is 2. The molecule has 0 unspecified atom stereocenters. The Labute approximate surface area is 251 Å². The third-order valence-corrected chi connectivity index (χ3v) is 8.02. The molecular weight excluding hydrogens is 546 g/mol. The standard InChI is InChI=1S/C35H32ClN3O3/c1-24-6-5-7-27(20-24)23-39-30-8-3-4-9-32(30)42-33(35(39)41)21-26-11-13-28(14-12-26)34(40)38-18-16-37(17-19-38)31-22-29(36)15-10-25(31)2/h3-15,20-22H,16-19,23H2,1-2H3. The molecule has 0 saturated carbocycles. The minimum Gasteiger partial charge on any atom is -0.449 e. The van der Waals surface area contributed by atoms with Crippen molar-refractivity contribution in [1.29, 1.82) is 0 Å². The highest BCUT2D eigenvalue weighted by Crippen LogP contribution is 2.36. The normalized spacial score (nSPS) is 15.9. The zero-order valence-electron chi connectivity index (χ0n) is 23.7. The number of benzene rings is 4. The number of nitrogens with zero attached hydrogens (tertiary/aromatic N) is 3. The largest absolute Gasteiger partial charge is 0.449 e. The van der Waals surface area contributed by atoms with E-state index in [0.29, 0.717) is 36.0 Å². The van der Waals surface area contributed by atoms with Crippen molar-refractivity contribution in [2.24, 2.45) is 0 Å². The van der Waals surface area contributed by atoms with Crippen LogP contribution in [0.25, 0.3) is 6.08 Å². The molecule has 0 N–H and O–H groups in total. The van der Waals surface area contributed by atoms with Gasteiger partial charge in [0.15, 0.2) is 11.5 Å². The average molecular weight is 578 g/mol. The molecule has 6 rings (SSSR count). The Kier molecular flexibility index (Phi) is 7.72. The van der Waals surface area contributed by atoms with Gasteiger partial charge in [0, 0.05) is 42.5 Å². The third kappa shape index (κ3) is 5.76. The van der Waals surface area contributed by atoms with Crippen LogP contribution in [-0.2, 0) is 11.3 Å². The van der Waals surface area contributed by atoms with Crippen LogP contribution in [0.4, 0.5) is 11.4 Å². The zero-order valence-corrected chi connectivity index (χ0v) is 24.5. The monoisotopic (exact) mass is 577 g/mol. The average Bonchev–Trinajstić information content (AvgIpc) is 3.00. The second kappa shape index (κ2) is 11.7. The summed E-state index contributed by atoms with van der Waals surface area (Å²) in [6.45, 7) is 7.32. The van der Waals surface area contributed by atoms with Gasteiger partial charge in [0.2, 0.25) is 0 Å². The molecule has 4 aromatic rings. The first kappa shape index (κ1) is 27.6. The summed E-state index contributed by atoms with van der Waals surface area (Å²) in [5, 5.41) is 0.715. The van der Waals surface area contributed by atoms with Crippen molar-refractivity contribution in [2.45, 2.75) is 20.4 Å². The van der Waals surface area contributed by atoms with Crippen molar-refractivity contribution in [3.05, 3.63) is 130 Å². The van der Waals surface area contributed by atoms with Gasteiger partial charge in [-0.1, -0.05) is 71.8 Å². The molecule has 4 aromatic carbocycles. The minimum atomic E-state index is -0.205. The van der Waals surface area contributed by atoms with Gasteiger partial charge in [0.1, 0.15) is 0 Å². The Morgan fingerprint density at radius 3 is 2.38 bits per heavy atom. The summed E-state index contributed by atoms with van der Waals surface area (Å²) in [7, 11) is 0. The number of para-hydroxylation sites is 2. The Hall–Kier alpha value is -4.55. The first-order valence-corrected chi connectivity index (χ1v) is 14.5. The highest BCUT2D eigenvalue weighted by atomic mass is 35.5. The van der Waals surface area contributed by atoms with E-state index in [4.69, 9.17) is 16.3 Å². The van der Waals surface area contributed by atoms with Crippen LogP contribution < -0.4 is 14.5 Å². The molecule has 0 aromatic heterocycles. The van der Waals surface area contributed by atoms with Crippen LogP contribution >= 0.6 is 11.6 Å². The van der Waals surface area contributed by atoms with Gasteiger partial charge in [0.05, 0.1) is 12.2 Å². The molecule has 2 amide bonds. The molecule has 0 radical (unpaired) electrons. The van der Waals surface area contributed by atoms with Crippen molar-refractivity contribution in [3.8, 4) is 5.75 Å². The number of carbonyl (C=O) groups is 2. The summed E-state index contributed by atoms with van der Waals surface area (Å²) in [5.41, 5.74) is 6.62. The lowest BCUT2D eigenvalue weighted by molar-refractivity contribution is -0.117. The van der Waals surface area contributed by atoms with Gasteiger partial charge >= 0.3 is 0 Å². The van der Waals surface area contributed by atoms with Crippen LogP contribution in [0.5, 0.6) is 5.75 Å². The summed E-state index contributed by atoms with van der Waals surface area (Å²) in [4.78, 5) is 32.8. The molecule has 1 saturated heterocycles. The number of rotatable bonds is 5. The minimum absolute atomic E-state index is 0.0000751. The summed E-state index contributed by atoms with van der Waals surface area (Å²) in [6, 6.07) is 29.0. The highest BCUT2D eigenvalue weighted by Gasteiger charge is 2.30. The molecule has 0 spiro atoms. The van der Waals surface area contributed by atoms with Crippen molar-refractivity contribution in [3.63, 3.8) is 0 Å². The van der Waals surface area contributed by atoms with E-state index in [1.165, 1.54) is 5.56 Å². The lowest BCUT2D eigenvalue weighted by Gasteiger charge is -2.37. The summed E-state index contributed by atoms with van der Waals surface area (Å²) in [5.74, 6) is 0.672. The van der Waals surface area contributed by atoms with Crippen LogP contribution in [0.2, 0.25) is 5.02 Å². The number of hydrogen-bond donors (Lipinski definition) is 0. The zero-order chi connectivity index (χ0) is 29.2. The third-order valence-electron chi connectivity index (χ3n) is 7.79. The molecule has 0 atom stereocenters. The fraction of sp³-hybridized carbons (Fsp3) is 0.200. The fourth-order valence-electron chi connectivity index (χ4n) is 5.54. The van der Waals surface area contributed by atoms with E-state index in [1.807, 2.05) is 96.8 Å². The van der Waals surface area contributed by atoms with Crippen LogP contribution in [0.1, 0.15) is 32.6 Å². The number of fused-ring (bicyclic) bond motifs is 1. The van der Waals surface area contributed by atoms with Crippen LogP contribution in [0, 0.1) is 13.8 Å². The quantitative estimate of drug-likeness (QED) is 0.243. The van der Waals surface area contributed by atoms with E-state index >= 15 is 0 Å². The Morgan fingerprint density at radius 1 is 0.857 bits per heavy atom. The number of hydrogen-bond acceptors (Lipinski definition) is 4. The maximum atomic E-state index is 13.6. The van der Waals surface area contributed by atoms with Gasteiger partial charge < -0.3 is 14.5 Å². The van der Waals surface area contributed by atoms with E-state index in [1.54, 1.807) is 11.0 Å². The lowest BCUT2D eigenvalue weighted by Crippen LogP contribution is -2.49. The molecule has 212 valence electrons. The number of anilines is 2. The Balaban J connectivity index is 1.16. The molecule has 7 heteroatoms. The maximum Gasteiger partial charge on any atom is 0.294 e. The van der Waals surface area contributed by atoms with Crippen molar-refractivity contribution >= 4 is 40.9 Å². The van der Waals surface area contributed by atoms with E-state index in [2.05, 4.69) is 17.9 Å². The van der Waals surface area contributed by atoms with Crippen LogP contribution in [0.3, 0.4) is 0 Å². The molecule has 2 aliphatic rings. The SMILES string of the molecule is Cc1cccc(CN2C(=O)C(=Cc3ccc(C(=O)N4CCN(c5cc(Cl)ccc5C)CC4)cc3)Oc3ccccc32)c1. The van der Waals surface area contributed by atoms with Crippen molar-refractivity contribution in [1.82, 2.24) is 4.90 Å². The predicted octanol–water partition coefficient (Wildman–Crippen LogP) is 6.89. The van der Waals surface area contributed by atoms with Gasteiger partial charge in [-0.2, -0.15) is 0 Å². The van der Waals surface area contributed by atoms with E-state index in [-0.39, 0.29) is 17.6 Å².